The monoisotopic (exact) mass is 350 g/mol. The van der Waals surface area contributed by atoms with Crippen molar-refractivity contribution in [2.24, 2.45) is 0 Å². The molecule has 7 heteroatoms. The summed E-state index contributed by atoms with van der Waals surface area (Å²) < 4.78 is 19.7. The Labute approximate surface area is 143 Å². The predicted octanol–water partition coefficient (Wildman–Crippen LogP) is 3.91. The molecule has 1 fully saturated rings. The Morgan fingerprint density at radius 2 is 2.25 bits per heavy atom. The zero-order valence-electron chi connectivity index (χ0n) is 13.7. The highest BCUT2D eigenvalue weighted by molar-refractivity contribution is 7.15. The number of ether oxygens (including phenoxy) is 1. The number of rotatable bonds is 4. The van der Waals surface area contributed by atoms with E-state index in [1.165, 1.54) is 22.3 Å². The lowest BCUT2D eigenvalue weighted by molar-refractivity contribution is 0.0783. The minimum atomic E-state index is -1.06. The van der Waals surface area contributed by atoms with E-state index < -0.39 is 17.5 Å². The van der Waals surface area contributed by atoms with Crippen molar-refractivity contribution in [3.63, 3.8) is 0 Å². The van der Waals surface area contributed by atoms with Crippen molar-refractivity contribution in [2.45, 2.75) is 38.9 Å². The summed E-state index contributed by atoms with van der Waals surface area (Å²) in [7, 11) is 0. The highest BCUT2D eigenvalue weighted by Crippen LogP contribution is 2.35. The van der Waals surface area contributed by atoms with E-state index in [2.05, 4.69) is 4.98 Å². The molecule has 1 aromatic heterocycles. The zero-order chi connectivity index (χ0) is 17.5. The van der Waals surface area contributed by atoms with Crippen molar-refractivity contribution in [3.8, 4) is 10.4 Å². The van der Waals surface area contributed by atoms with Gasteiger partial charge in [0.25, 0.3) is 0 Å². The van der Waals surface area contributed by atoms with Crippen LogP contribution < -0.4 is 4.90 Å². The van der Waals surface area contributed by atoms with Gasteiger partial charge in [0.2, 0.25) is 0 Å². The van der Waals surface area contributed by atoms with Gasteiger partial charge in [-0.2, -0.15) is 0 Å². The molecule has 0 radical (unpaired) electrons. The third-order valence-corrected chi connectivity index (χ3v) is 5.23. The van der Waals surface area contributed by atoms with Crippen LogP contribution >= 0.6 is 11.3 Å². The highest BCUT2D eigenvalue weighted by atomic mass is 32.1. The Balaban J connectivity index is 1.88. The molecule has 1 aliphatic rings. The number of anilines is 1. The standard InChI is InChI=1S/C17H19FN2O3S/c1-4-11-9-20(16(21)23-11)10-5-6-12(13(18)7-10)14-8-19-15(24-14)17(2,3)22/h5-8,11,22H,4,9H2,1-3H3. The quantitative estimate of drug-likeness (QED) is 0.908. The van der Waals surface area contributed by atoms with Gasteiger partial charge in [0, 0.05) is 11.8 Å². The third kappa shape index (κ3) is 3.14. The summed E-state index contributed by atoms with van der Waals surface area (Å²) in [4.78, 5) is 18.1. The SMILES string of the molecule is CCC1CN(c2ccc(-c3cnc(C(C)(C)O)s3)c(F)c2)C(=O)O1. The number of carbonyl (C=O) groups excluding carboxylic acids is 1. The Hall–Kier alpha value is -1.99. The van der Waals surface area contributed by atoms with Crippen LogP contribution in [0, 0.1) is 5.82 Å². The topological polar surface area (TPSA) is 62.7 Å². The normalized spacial score (nSPS) is 18.1. The molecule has 24 heavy (non-hydrogen) atoms. The second-order valence-corrected chi connectivity index (χ2v) is 7.31. The van der Waals surface area contributed by atoms with Crippen LogP contribution in [0.2, 0.25) is 0 Å². The molecule has 0 saturated carbocycles. The summed E-state index contributed by atoms with van der Waals surface area (Å²) in [5.41, 5.74) is -0.191. The van der Waals surface area contributed by atoms with E-state index >= 15 is 0 Å². The van der Waals surface area contributed by atoms with Crippen molar-refractivity contribution in [2.75, 3.05) is 11.4 Å². The lowest BCUT2D eigenvalue weighted by atomic mass is 10.1. The van der Waals surface area contributed by atoms with Gasteiger partial charge >= 0.3 is 6.09 Å². The minimum absolute atomic E-state index is 0.156. The van der Waals surface area contributed by atoms with Gasteiger partial charge in [0.1, 0.15) is 22.5 Å². The van der Waals surface area contributed by atoms with E-state index in [1.54, 1.807) is 32.2 Å². The fourth-order valence-corrected chi connectivity index (χ4v) is 3.44. The maximum atomic E-state index is 14.5. The first-order chi connectivity index (χ1) is 11.3. The number of thiazole rings is 1. The number of benzene rings is 1. The first kappa shape index (κ1) is 16.9. The number of amides is 1. The molecule has 1 unspecified atom stereocenters. The smallest absolute Gasteiger partial charge is 0.414 e. The largest absolute Gasteiger partial charge is 0.444 e. The fraction of sp³-hybridized carbons (Fsp3) is 0.412. The summed E-state index contributed by atoms with van der Waals surface area (Å²) in [6, 6.07) is 4.65. The molecule has 0 bridgehead atoms. The molecule has 2 aromatic rings. The number of aromatic nitrogens is 1. The van der Waals surface area contributed by atoms with Crippen molar-refractivity contribution in [3.05, 3.63) is 35.2 Å². The van der Waals surface area contributed by atoms with E-state index in [0.717, 1.165) is 6.42 Å². The summed E-state index contributed by atoms with van der Waals surface area (Å²) in [6.07, 6.45) is 1.67. The van der Waals surface area contributed by atoms with Crippen molar-refractivity contribution >= 4 is 23.1 Å². The number of carbonyl (C=O) groups is 1. The van der Waals surface area contributed by atoms with Gasteiger partial charge in [0.05, 0.1) is 17.1 Å². The lowest BCUT2D eigenvalue weighted by Gasteiger charge is -2.14. The Bertz CT molecular complexity index is 769. The number of halogens is 1. The molecular weight excluding hydrogens is 331 g/mol. The third-order valence-electron chi connectivity index (χ3n) is 3.89. The summed E-state index contributed by atoms with van der Waals surface area (Å²) >= 11 is 1.24. The van der Waals surface area contributed by atoms with Crippen molar-refractivity contribution < 1.29 is 19.0 Å². The van der Waals surface area contributed by atoms with Gasteiger partial charge in [-0.15, -0.1) is 11.3 Å². The molecule has 3 rings (SSSR count). The van der Waals surface area contributed by atoms with Crippen LogP contribution in [0.15, 0.2) is 24.4 Å². The molecule has 128 valence electrons. The van der Waals surface area contributed by atoms with Crippen molar-refractivity contribution in [1.82, 2.24) is 4.98 Å². The maximum absolute atomic E-state index is 14.5. The van der Waals surface area contributed by atoms with Gasteiger partial charge in [0.15, 0.2) is 0 Å². The van der Waals surface area contributed by atoms with E-state index in [9.17, 15) is 14.3 Å². The van der Waals surface area contributed by atoms with Crippen LogP contribution in [0.3, 0.4) is 0 Å². The van der Waals surface area contributed by atoms with Crippen LogP contribution in [-0.4, -0.2) is 28.8 Å². The average molecular weight is 350 g/mol. The predicted molar refractivity (Wildman–Crippen MR) is 90.7 cm³/mol. The second kappa shape index (κ2) is 6.14. The fourth-order valence-electron chi connectivity index (χ4n) is 2.50. The molecule has 1 amide bonds. The molecule has 2 heterocycles. The molecule has 5 nitrogen and oxygen atoms in total. The van der Waals surface area contributed by atoms with Gasteiger partial charge in [-0.1, -0.05) is 6.92 Å². The molecule has 0 aliphatic carbocycles. The van der Waals surface area contributed by atoms with Gasteiger partial charge in [-0.05, 0) is 38.5 Å². The molecule has 1 atom stereocenters. The first-order valence-electron chi connectivity index (χ1n) is 7.76. The summed E-state index contributed by atoms with van der Waals surface area (Å²) in [6.45, 7) is 5.64. The molecular formula is C17H19FN2O3S. The van der Waals surface area contributed by atoms with Gasteiger partial charge in [-0.25, -0.2) is 14.2 Å². The number of nitrogens with zero attached hydrogens (tertiary/aromatic N) is 2. The Morgan fingerprint density at radius 3 is 2.79 bits per heavy atom. The molecule has 1 aliphatic heterocycles. The van der Waals surface area contributed by atoms with E-state index in [-0.39, 0.29) is 6.10 Å². The number of cyclic esters (lactones) is 1. The molecule has 1 aromatic carbocycles. The highest BCUT2D eigenvalue weighted by Gasteiger charge is 2.31. The molecule has 0 spiro atoms. The van der Waals surface area contributed by atoms with Crippen LogP contribution in [-0.2, 0) is 10.3 Å². The van der Waals surface area contributed by atoms with E-state index in [0.29, 0.717) is 27.7 Å². The van der Waals surface area contributed by atoms with E-state index in [4.69, 9.17) is 4.74 Å². The Kier molecular flexibility index (Phi) is 4.31. The van der Waals surface area contributed by atoms with Crippen molar-refractivity contribution in [1.29, 1.82) is 0 Å². The second-order valence-electron chi connectivity index (χ2n) is 6.28. The van der Waals surface area contributed by atoms with E-state index in [1.807, 2.05) is 6.92 Å². The number of hydrogen-bond donors (Lipinski definition) is 1. The lowest BCUT2D eigenvalue weighted by Crippen LogP contribution is -2.24. The van der Waals surface area contributed by atoms with Crippen LogP contribution in [0.1, 0.15) is 32.2 Å². The number of hydrogen-bond acceptors (Lipinski definition) is 5. The first-order valence-corrected chi connectivity index (χ1v) is 8.58. The minimum Gasteiger partial charge on any atom is -0.444 e. The summed E-state index contributed by atoms with van der Waals surface area (Å²) in [5.74, 6) is -0.439. The maximum Gasteiger partial charge on any atom is 0.414 e. The molecule has 1 N–H and O–H groups in total. The van der Waals surface area contributed by atoms with Crippen LogP contribution in [0.25, 0.3) is 10.4 Å². The van der Waals surface area contributed by atoms with Crippen LogP contribution in [0.4, 0.5) is 14.9 Å². The summed E-state index contributed by atoms with van der Waals surface area (Å²) in [5, 5.41) is 10.5. The average Bonchev–Trinajstić information content (AvgIpc) is 3.13. The van der Waals surface area contributed by atoms with Gasteiger partial charge in [-0.3, -0.25) is 4.90 Å². The zero-order valence-corrected chi connectivity index (χ0v) is 14.6. The molecule has 1 saturated heterocycles. The van der Waals surface area contributed by atoms with Gasteiger partial charge < -0.3 is 9.84 Å². The van der Waals surface area contributed by atoms with Crippen LogP contribution in [0.5, 0.6) is 0 Å². The Morgan fingerprint density at radius 1 is 1.50 bits per heavy atom. The number of aliphatic hydroxyl groups is 1.